The number of halogens is 2. The number of hydrogen-bond acceptors (Lipinski definition) is 6. The van der Waals surface area contributed by atoms with Gasteiger partial charge in [-0.1, -0.05) is 23.7 Å². The van der Waals surface area contributed by atoms with Crippen molar-refractivity contribution in [3.8, 4) is 11.1 Å². The molecule has 1 unspecified atom stereocenters. The molecule has 11 heteroatoms. The predicted molar refractivity (Wildman–Crippen MR) is 144 cm³/mol. The molecule has 0 aliphatic carbocycles. The molecule has 1 fully saturated rings. The molecule has 0 radical (unpaired) electrons. The lowest BCUT2D eigenvalue weighted by atomic mass is 10.0. The number of rotatable bonds is 7. The Morgan fingerprint density at radius 2 is 1.97 bits per heavy atom. The summed E-state index contributed by atoms with van der Waals surface area (Å²) in [4.78, 5) is 16.3. The van der Waals surface area contributed by atoms with E-state index in [1.54, 1.807) is 48.7 Å². The minimum atomic E-state index is -3.74. The summed E-state index contributed by atoms with van der Waals surface area (Å²) in [5.41, 5.74) is 8.32. The van der Waals surface area contributed by atoms with Crippen LogP contribution in [-0.4, -0.2) is 42.9 Å². The summed E-state index contributed by atoms with van der Waals surface area (Å²) in [5, 5.41) is 3.88. The van der Waals surface area contributed by atoms with Crippen LogP contribution in [0.15, 0.2) is 76.2 Å². The average Bonchev–Trinajstić information content (AvgIpc) is 3.54. The van der Waals surface area contributed by atoms with Crippen molar-refractivity contribution in [1.82, 2.24) is 14.6 Å². The van der Waals surface area contributed by atoms with Crippen LogP contribution in [-0.2, 0) is 21.4 Å². The lowest BCUT2D eigenvalue weighted by molar-refractivity contribution is -0.116. The Morgan fingerprint density at radius 1 is 1.18 bits per heavy atom. The van der Waals surface area contributed by atoms with Crippen molar-refractivity contribution in [1.29, 1.82) is 0 Å². The van der Waals surface area contributed by atoms with E-state index in [0.29, 0.717) is 22.2 Å². The fourth-order valence-electron chi connectivity index (χ4n) is 4.21. The Kier molecular flexibility index (Phi) is 7.20. The van der Waals surface area contributed by atoms with Crippen molar-refractivity contribution in [3.63, 3.8) is 0 Å². The first-order valence-corrected chi connectivity index (χ1v) is 13.6. The number of pyridine rings is 1. The zero-order valence-electron chi connectivity index (χ0n) is 20.1. The van der Waals surface area contributed by atoms with Gasteiger partial charge in [-0.25, -0.2) is 17.8 Å². The first-order chi connectivity index (χ1) is 18.2. The third kappa shape index (κ3) is 5.57. The highest BCUT2D eigenvalue weighted by Gasteiger charge is 2.32. The van der Waals surface area contributed by atoms with Gasteiger partial charge in [0.2, 0.25) is 15.9 Å². The maximum atomic E-state index is 13.5. The molecule has 4 aromatic rings. The first kappa shape index (κ1) is 25.9. The highest BCUT2D eigenvalue weighted by Crippen LogP contribution is 2.34. The molecule has 2 aromatic heterocycles. The molecular weight excluding hydrogens is 531 g/mol. The molecule has 5 rings (SSSR count). The minimum absolute atomic E-state index is 0.115. The molecule has 3 N–H and O–H groups in total. The molecule has 3 heterocycles. The minimum Gasteiger partial charge on any atom is -0.458 e. The predicted octanol–water partition coefficient (Wildman–Crippen LogP) is 4.79. The third-order valence-corrected chi connectivity index (χ3v) is 8.37. The first-order valence-electron chi connectivity index (χ1n) is 11.8. The fourth-order valence-corrected chi connectivity index (χ4v) is 5.96. The van der Waals surface area contributed by atoms with Crippen LogP contribution in [0.1, 0.15) is 17.7 Å². The molecule has 0 bridgehead atoms. The standard InChI is InChI=1S/C27H24ClFN4O4S/c28-24-13-19(18-3-5-23(6-4-18)38(35,36)33-10-9-21(29)16-33)11-20-12-22(37-27(20)24)15-32-26(34)8-2-17-1-7-25(30)31-14-17/h1-8,11-14,21H,9-10,15-16H2,(H2,30,31)(H,32,34). The number of amides is 1. The van der Waals surface area contributed by atoms with E-state index >= 15 is 0 Å². The molecule has 1 aliphatic rings. The summed E-state index contributed by atoms with van der Waals surface area (Å²) >= 11 is 6.48. The molecule has 0 saturated carbocycles. The topological polar surface area (TPSA) is 119 Å². The molecule has 196 valence electrons. The Balaban J connectivity index is 1.28. The maximum absolute atomic E-state index is 13.5. The average molecular weight is 555 g/mol. The number of carbonyl (C=O) groups is 1. The van der Waals surface area contributed by atoms with Gasteiger partial charge in [-0.15, -0.1) is 0 Å². The second kappa shape index (κ2) is 10.6. The van der Waals surface area contributed by atoms with E-state index in [1.165, 1.54) is 22.5 Å². The van der Waals surface area contributed by atoms with Crippen molar-refractivity contribution in [3.05, 3.63) is 83.2 Å². The van der Waals surface area contributed by atoms with E-state index in [1.807, 2.05) is 6.07 Å². The van der Waals surface area contributed by atoms with E-state index in [2.05, 4.69) is 10.3 Å². The van der Waals surface area contributed by atoms with E-state index in [9.17, 15) is 17.6 Å². The number of nitrogens with two attached hydrogens (primary N) is 1. The van der Waals surface area contributed by atoms with Crippen LogP contribution in [0.4, 0.5) is 10.2 Å². The maximum Gasteiger partial charge on any atom is 0.244 e. The van der Waals surface area contributed by atoms with Crippen molar-refractivity contribution < 1.29 is 22.0 Å². The van der Waals surface area contributed by atoms with Gasteiger partial charge in [-0.05, 0) is 71.7 Å². The summed E-state index contributed by atoms with van der Waals surface area (Å²) in [6, 6.07) is 15.2. The Morgan fingerprint density at radius 3 is 2.66 bits per heavy atom. The van der Waals surface area contributed by atoms with Crippen LogP contribution < -0.4 is 11.1 Å². The second-order valence-corrected chi connectivity index (χ2v) is 11.3. The largest absolute Gasteiger partial charge is 0.458 e. The second-order valence-electron chi connectivity index (χ2n) is 8.93. The molecule has 2 aromatic carbocycles. The lowest BCUT2D eigenvalue weighted by Gasteiger charge is -2.15. The SMILES string of the molecule is Nc1ccc(C=CC(=O)NCc2cc3cc(-c4ccc(S(=O)(=O)N5CCC(F)C5)cc4)cc(Cl)c3o2)cn1. The smallest absolute Gasteiger partial charge is 0.244 e. The van der Waals surface area contributed by atoms with Gasteiger partial charge >= 0.3 is 0 Å². The normalized spacial score (nSPS) is 16.4. The van der Waals surface area contributed by atoms with Crippen LogP contribution in [0.5, 0.6) is 0 Å². The Hall–Kier alpha value is -3.73. The number of nitrogen functional groups attached to an aromatic ring is 1. The number of nitrogens with zero attached hydrogens (tertiary/aromatic N) is 2. The van der Waals surface area contributed by atoms with Crippen LogP contribution in [0.25, 0.3) is 28.2 Å². The number of sulfonamides is 1. The Bertz CT molecular complexity index is 1620. The van der Waals surface area contributed by atoms with Gasteiger partial charge in [0, 0.05) is 30.7 Å². The number of furan rings is 1. The number of fused-ring (bicyclic) bond motifs is 1. The quantitative estimate of drug-likeness (QED) is 0.317. The molecule has 1 saturated heterocycles. The van der Waals surface area contributed by atoms with Gasteiger partial charge in [0.15, 0.2) is 5.58 Å². The monoisotopic (exact) mass is 554 g/mol. The van der Waals surface area contributed by atoms with Crippen LogP contribution >= 0.6 is 11.6 Å². The van der Waals surface area contributed by atoms with Crippen molar-refractivity contribution >= 4 is 50.4 Å². The number of aromatic nitrogens is 1. The van der Waals surface area contributed by atoms with E-state index in [-0.39, 0.29) is 36.9 Å². The number of anilines is 1. The van der Waals surface area contributed by atoms with Gasteiger partial charge < -0.3 is 15.5 Å². The number of alkyl halides is 1. The summed E-state index contributed by atoms with van der Waals surface area (Å²) in [7, 11) is -3.74. The van der Waals surface area contributed by atoms with E-state index in [4.69, 9.17) is 21.8 Å². The lowest BCUT2D eigenvalue weighted by Crippen LogP contribution is -2.29. The molecular formula is C27H24ClFN4O4S. The van der Waals surface area contributed by atoms with Crippen molar-refractivity contribution in [2.24, 2.45) is 0 Å². The van der Waals surface area contributed by atoms with E-state index < -0.39 is 16.2 Å². The van der Waals surface area contributed by atoms with Crippen LogP contribution in [0.2, 0.25) is 5.02 Å². The van der Waals surface area contributed by atoms with E-state index in [0.717, 1.165) is 22.1 Å². The van der Waals surface area contributed by atoms with Gasteiger partial charge in [-0.3, -0.25) is 4.79 Å². The van der Waals surface area contributed by atoms with Gasteiger partial charge in [0.05, 0.1) is 16.5 Å². The summed E-state index contributed by atoms with van der Waals surface area (Å²) in [6.07, 6.45) is 3.67. The van der Waals surface area contributed by atoms with Crippen molar-refractivity contribution in [2.75, 3.05) is 18.8 Å². The summed E-state index contributed by atoms with van der Waals surface area (Å²) in [6.45, 7) is 0.222. The number of benzene rings is 2. The fraction of sp³-hybridized carbons (Fsp3) is 0.185. The number of hydrogen-bond donors (Lipinski definition) is 2. The van der Waals surface area contributed by atoms with Crippen molar-refractivity contribution in [2.45, 2.75) is 24.0 Å². The summed E-state index contributed by atoms with van der Waals surface area (Å²) < 4.78 is 46.1. The van der Waals surface area contributed by atoms with Crippen LogP contribution in [0, 0.1) is 0 Å². The van der Waals surface area contributed by atoms with Gasteiger partial charge in [0.1, 0.15) is 17.7 Å². The molecule has 1 atom stereocenters. The van der Waals surface area contributed by atoms with Gasteiger partial charge in [-0.2, -0.15) is 4.31 Å². The number of carbonyl (C=O) groups excluding carboxylic acids is 1. The molecule has 8 nitrogen and oxygen atoms in total. The number of nitrogens with one attached hydrogen (secondary N) is 1. The molecule has 1 aliphatic heterocycles. The summed E-state index contributed by atoms with van der Waals surface area (Å²) in [5.74, 6) is 0.617. The van der Waals surface area contributed by atoms with Gasteiger partial charge in [0.25, 0.3) is 0 Å². The Labute approximate surface area is 224 Å². The highest BCUT2D eigenvalue weighted by molar-refractivity contribution is 7.89. The highest BCUT2D eigenvalue weighted by atomic mass is 35.5. The zero-order valence-corrected chi connectivity index (χ0v) is 21.7. The molecule has 1 amide bonds. The molecule has 38 heavy (non-hydrogen) atoms. The molecule has 0 spiro atoms. The zero-order chi connectivity index (χ0) is 26.9. The third-order valence-electron chi connectivity index (χ3n) is 6.21. The van der Waals surface area contributed by atoms with Crippen LogP contribution in [0.3, 0.4) is 0 Å².